The number of nitrogens with two attached hydrogens (primary N) is 1. The molecule has 0 spiro atoms. The molecule has 0 radical (unpaired) electrons. The Morgan fingerprint density at radius 2 is 1.88 bits per heavy atom. The van der Waals surface area contributed by atoms with Gasteiger partial charge in [-0.1, -0.05) is 0 Å². The smallest absolute Gasteiger partial charge is 0.353 e. The molecule has 1 heterocycles. The molecule has 0 amide bonds. The minimum atomic E-state index is -1.06. The highest BCUT2D eigenvalue weighted by atomic mass is 79.9. The van der Waals surface area contributed by atoms with Crippen molar-refractivity contribution in [2.45, 2.75) is 6.42 Å². The van der Waals surface area contributed by atoms with Crippen molar-refractivity contribution in [3.63, 3.8) is 0 Å². The molecular formula is C16H19BrN2O5. The van der Waals surface area contributed by atoms with Gasteiger partial charge < -0.3 is 30.0 Å². The van der Waals surface area contributed by atoms with Gasteiger partial charge in [0.15, 0.2) is 11.5 Å². The Morgan fingerprint density at radius 3 is 2.38 bits per heavy atom. The number of nitrogens with one attached hydrogen (secondary N) is 1. The fourth-order valence-corrected chi connectivity index (χ4v) is 3.31. The van der Waals surface area contributed by atoms with Crippen LogP contribution >= 0.6 is 15.9 Å². The van der Waals surface area contributed by atoms with Crippen LogP contribution in [0.4, 0.5) is 0 Å². The van der Waals surface area contributed by atoms with Crippen molar-refractivity contribution in [1.82, 2.24) is 4.98 Å². The summed E-state index contributed by atoms with van der Waals surface area (Å²) in [5.74, 6) is 0.336. The highest BCUT2D eigenvalue weighted by molar-refractivity contribution is 9.10. The summed E-state index contributed by atoms with van der Waals surface area (Å²) in [5.41, 5.74) is 7.77. The molecule has 0 fully saturated rings. The first-order chi connectivity index (χ1) is 11.5. The Labute approximate surface area is 147 Å². The van der Waals surface area contributed by atoms with E-state index in [4.69, 9.17) is 19.9 Å². The summed E-state index contributed by atoms with van der Waals surface area (Å²) < 4.78 is 16.6. The number of aromatic carboxylic acids is 1. The van der Waals surface area contributed by atoms with E-state index in [9.17, 15) is 9.90 Å². The lowest BCUT2D eigenvalue weighted by molar-refractivity contribution is 0.0690. The van der Waals surface area contributed by atoms with Gasteiger partial charge in [0.1, 0.15) is 5.69 Å². The molecule has 130 valence electrons. The summed E-state index contributed by atoms with van der Waals surface area (Å²) in [6.45, 7) is 0.370. The molecule has 0 saturated heterocycles. The van der Waals surface area contributed by atoms with Crippen molar-refractivity contribution in [3.05, 3.63) is 28.0 Å². The Balaban J connectivity index is 2.78. The lowest BCUT2D eigenvalue weighted by Crippen LogP contribution is -2.05. The zero-order chi connectivity index (χ0) is 17.9. The number of carbonyl (C=O) groups is 1. The quantitative estimate of drug-likeness (QED) is 0.661. The first-order valence-corrected chi connectivity index (χ1v) is 7.92. The van der Waals surface area contributed by atoms with Gasteiger partial charge in [-0.25, -0.2) is 4.79 Å². The lowest BCUT2D eigenvalue weighted by Gasteiger charge is -2.16. The van der Waals surface area contributed by atoms with Gasteiger partial charge in [0.2, 0.25) is 5.75 Å². The van der Waals surface area contributed by atoms with Crippen molar-refractivity contribution in [3.8, 4) is 28.4 Å². The third-order valence-corrected chi connectivity index (χ3v) is 4.39. The van der Waals surface area contributed by atoms with E-state index in [-0.39, 0.29) is 5.69 Å². The first-order valence-electron chi connectivity index (χ1n) is 7.13. The molecule has 7 nitrogen and oxygen atoms in total. The van der Waals surface area contributed by atoms with Crippen LogP contribution < -0.4 is 19.9 Å². The van der Waals surface area contributed by atoms with Crippen LogP contribution in [-0.2, 0) is 6.42 Å². The molecule has 0 aliphatic carbocycles. The summed E-state index contributed by atoms with van der Waals surface area (Å²) in [6.07, 6.45) is 0.485. The maximum absolute atomic E-state index is 11.4. The average Bonchev–Trinajstić information content (AvgIpc) is 2.90. The van der Waals surface area contributed by atoms with Crippen LogP contribution in [0, 0.1) is 0 Å². The Kier molecular flexibility index (Phi) is 5.74. The van der Waals surface area contributed by atoms with Gasteiger partial charge in [-0.3, -0.25) is 0 Å². The monoisotopic (exact) mass is 398 g/mol. The normalized spacial score (nSPS) is 10.5. The molecule has 0 saturated carbocycles. The number of ether oxygens (including phenoxy) is 3. The fourth-order valence-electron chi connectivity index (χ4n) is 2.58. The van der Waals surface area contributed by atoms with E-state index in [1.807, 2.05) is 0 Å². The summed E-state index contributed by atoms with van der Waals surface area (Å²) in [5, 5.41) is 9.36. The second-order valence-corrected chi connectivity index (χ2v) is 5.69. The number of methoxy groups -OCH3 is 3. The molecule has 2 rings (SSSR count). The Hall–Kier alpha value is -2.19. The van der Waals surface area contributed by atoms with Gasteiger partial charge in [0.05, 0.1) is 25.8 Å². The molecular weight excluding hydrogens is 380 g/mol. The number of carboxylic acids is 1. The zero-order valence-electron chi connectivity index (χ0n) is 13.6. The molecule has 0 aliphatic heterocycles. The van der Waals surface area contributed by atoms with Gasteiger partial charge in [-0.2, -0.15) is 0 Å². The van der Waals surface area contributed by atoms with Crippen LogP contribution in [0.5, 0.6) is 17.2 Å². The van der Waals surface area contributed by atoms with E-state index in [0.29, 0.717) is 51.5 Å². The molecule has 0 aliphatic rings. The van der Waals surface area contributed by atoms with Crippen LogP contribution in [0.1, 0.15) is 16.2 Å². The van der Waals surface area contributed by atoms with Crippen molar-refractivity contribution >= 4 is 21.9 Å². The molecule has 1 aromatic heterocycles. The number of hydrogen-bond acceptors (Lipinski definition) is 5. The van der Waals surface area contributed by atoms with Gasteiger partial charge >= 0.3 is 5.97 Å². The van der Waals surface area contributed by atoms with Crippen LogP contribution in [0.25, 0.3) is 11.1 Å². The predicted octanol–water partition coefficient (Wildman–Crippen LogP) is 2.67. The molecule has 8 heteroatoms. The molecule has 24 heavy (non-hydrogen) atoms. The first kappa shape index (κ1) is 18.2. The van der Waals surface area contributed by atoms with Gasteiger partial charge in [0, 0.05) is 23.2 Å². The molecule has 0 atom stereocenters. The van der Waals surface area contributed by atoms with Crippen LogP contribution in [0.15, 0.2) is 16.6 Å². The highest BCUT2D eigenvalue weighted by Crippen LogP contribution is 2.47. The fraction of sp³-hybridized carbons (Fsp3) is 0.312. The SMILES string of the molecule is COc1ccc(-c2c(CCN)[nH]c(C(=O)O)c2Br)c(OC)c1OC. The lowest BCUT2D eigenvalue weighted by atomic mass is 10.0. The third kappa shape index (κ3) is 3.07. The molecule has 0 bridgehead atoms. The van der Waals surface area contributed by atoms with E-state index >= 15 is 0 Å². The predicted molar refractivity (Wildman–Crippen MR) is 93.3 cm³/mol. The Morgan fingerprint density at radius 1 is 1.21 bits per heavy atom. The minimum Gasteiger partial charge on any atom is -0.493 e. The average molecular weight is 399 g/mol. The van der Waals surface area contributed by atoms with E-state index in [0.717, 1.165) is 0 Å². The molecule has 2 aromatic rings. The summed E-state index contributed by atoms with van der Waals surface area (Å²) in [4.78, 5) is 14.3. The summed E-state index contributed by atoms with van der Waals surface area (Å²) in [7, 11) is 4.56. The van der Waals surface area contributed by atoms with Crippen molar-refractivity contribution < 1.29 is 24.1 Å². The van der Waals surface area contributed by atoms with Crippen LogP contribution in [0.2, 0.25) is 0 Å². The third-order valence-electron chi connectivity index (χ3n) is 3.60. The number of H-pyrrole nitrogens is 1. The number of aromatic amines is 1. The van der Waals surface area contributed by atoms with Crippen LogP contribution in [0.3, 0.4) is 0 Å². The number of halogens is 1. The number of aromatic nitrogens is 1. The van der Waals surface area contributed by atoms with Crippen molar-refractivity contribution in [2.75, 3.05) is 27.9 Å². The standard InChI is InChI=1S/C16H19BrN2O5/c1-22-10-5-4-8(14(23-2)15(10)24-3)11-9(6-7-18)19-13(12(11)17)16(20)21/h4-5,19H,6-7,18H2,1-3H3,(H,20,21). The van der Waals surface area contributed by atoms with Gasteiger partial charge in [0.25, 0.3) is 0 Å². The second kappa shape index (κ2) is 7.59. The summed E-state index contributed by atoms with van der Waals surface area (Å²) >= 11 is 3.37. The molecule has 1 aromatic carbocycles. The largest absolute Gasteiger partial charge is 0.493 e. The number of hydrogen-bond donors (Lipinski definition) is 3. The van der Waals surface area contributed by atoms with Crippen molar-refractivity contribution in [2.24, 2.45) is 5.73 Å². The minimum absolute atomic E-state index is 0.0605. The van der Waals surface area contributed by atoms with E-state index in [1.165, 1.54) is 21.3 Å². The summed E-state index contributed by atoms with van der Waals surface area (Å²) in [6, 6.07) is 3.53. The van der Waals surface area contributed by atoms with Crippen LogP contribution in [-0.4, -0.2) is 43.9 Å². The van der Waals surface area contributed by atoms with Crippen molar-refractivity contribution in [1.29, 1.82) is 0 Å². The highest BCUT2D eigenvalue weighted by Gasteiger charge is 2.25. The topological polar surface area (TPSA) is 107 Å². The zero-order valence-corrected chi connectivity index (χ0v) is 15.2. The molecule has 0 unspecified atom stereocenters. The van der Waals surface area contributed by atoms with E-state index in [1.54, 1.807) is 12.1 Å². The molecule has 4 N–H and O–H groups in total. The van der Waals surface area contributed by atoms with E-state index in [2.05, 4.69) is 20.9 Å². The number of rotatable bonds is 7. The number of benzene rings is 1. The van der Waals surface area contributed by atoms with Gasteiger partial charge in [-0.15, -0.1) is 0 Å². The maximum Gasteiger partial charge on any atom is 0.353 e. The second-order valence-electron chi connectivity index (χ2n) is 4.89. The van der Waals surface area contributed by atoms with Gasteiger partial charge in [-0.05, 0) is 34.6 Å². The Bertz CT molecular complexity index is 757. The number of carboxylic acid groups (broad SMARTS) is 1. The van der Waals surface area contributed by atoms with E-state index < -0.39 is 5.97 Å². The maximum atomic E-state index is 11.4.